The number of rotatable bonds is 2. The molecule has 0 radical (unpaired) electrons. The molecule has 5 nitrogen and oxygen atoms in total. The molecule has 1 N–H and O–H groups in total. The van der Waals surface area contributed by atoms with Crippen LogP contribution in [0.25, 0.3) is 0 Å². The Hall–Kier alpha value is -1.14. The zero-order valence-electron chi connectivity index (χ0n) is 12.3. The molecule has 7 heteroatoms. The van der Waals surface area contributed by atoms with Crippen LogP contribution in [0.1, 0.15) is 51.1 Å². The number of thiazole rings is 1. The summed E-state index contributed by atoms with van der Waals surface area (Å²) in [5.74, 6) is -1.57. The third-order valence-electron chi connectivity index (χ3n) is 3.62. The van der Waals surface area contributed by atoms with Crippen LogP contribution in [0.15, 0.2) is 6.20 Å². The summed E-state index contributed by atoms with van der Waals surface area (Å²) in [6.45, 7) is 5.74. The van der Waals surface area contributed by atoms with E-state index >= 15 is 0 Å². The summed E-state index contributed by atoms with van der Waals surface area (Å²) in [7, 11) is 0. The Labute approximate surface area is 132 Å². The Kier molecular flexibility index (Phi) is 4.58. The third-order valence-corrected chi connectivity index (χ3v) is 4.81. The summed E-state index contributed by atoms with van der Waals surface area (Å²) in [5.41, 5.74) is -0.474. The van der Waals surface area contributed by atoms with Gasteiger partial charge >= 0.3 is 5.97 Å². The largest absolute Gasteiger partial charge is 0.481 e. The van der Waals surface area contributed by atoms with Crippen LogP contribution in [0.3, 0.4) is 0 Å². The summed E-state index contributed by atoms with van der Waals surface area (Å²) in [6, 6.07) is -0.560. The first kappa shape index (κ1) is 16.2. The smallest absolute Gasteiger partial charge is 0.309 e. The van der Waals surface area contributed by atoms with Crippen molar-refractivity contribution in [2.75, 3.05) is 0 Å². The molecule has 2 atom stereocenters. The predicted molar refractivity (Wildman–Crippen MR) is 81.4 cm³/mol. The van der Waals surface area contributed by atoms with Crippen molar-refractivity contribution in [3.63, 3.8) is 0 Å². The number of carbonyl (C=O) groups excluding carboxylic acids is 1. The zero-order chi connectivity index (χ0) is 15.8. The molecule has 0 aromatic carbocycles. The number of hydrogen-bond donors (Lipinski definition) is 1. The van der Waals surface area contributed by atoms with Crippen LogP contribution in [-0.4, -0.2) is 32.4 Å². The van der Waals surface area contributed by atoms with Gasteiger partial charge in [-0.2, -0.15) is 0 Å². The molecule has 1 aliphatic rings. The molecule has 1 amide bonds. The van der Waals surface area contributed by atoms with E-state index in [2.05, 4.69) is 4.98 Å². The second-order valence-electron chi connectivity index (χ2n) is 6.22. The van der Waals surface area contributed by atoms with E-state index < -0.39 is 23.5 Å². The first-order chi connectivity index (χ1) is 9.71. The second-order valence-corrected chi connectivity index (χ2v) is 7.91. The number of carboxylic acid groups (broad SMARTS) is 1. The van der Waals surface area contributed by atoms with Crippen LogP contribution in [0.4, 0.5) is 0 Å². The van der Waals surface area contributed by atoms with Crippen molar-refractivity contribution in [2.45, 2.75) is 51.6 Å². The fraction of sp³-hybridized carbons (Fsp3) is 0.643. The molecule has 1 aliphatic heterocycles. The van der Waals surface area contributed by atoms with E-state index in [9.17, 15) is 14.7 Å². The highest BCUT2D eigenvalue weighted by molar-refractivity contribution is 7.15. The van der Waals surface area contributed by atoms with E-state index in [0.29, 0.717) is 28.6 Å². The molecule has 1 aromatic heterocycles. The standard InChI is InChI=1S/C14H19ClN2O3S/c1-14(2,3)17-10(18)6-4-5-8(13(19)20)11(17)12-16-7-9(15)21-12/h7-8,11H,4-6H2,1-3H3,(H,19,20). The zero-order valence-corrected chi connectivity index (χ0v) is 13.9. The normalized spacial score (nSPS) is 24.0. The molecule has 0 spiro atoms. The lowest BCUT2D eigenvalue weighted by molar-refractivity contribution is -0.149. The summed E-state index contributed by atoms with van der Waals surface area (Å²) in [5, 5.41) is 10.2. The van der Waals surface area contributed by atoms with Crippen molar-refractivity contribution in [2.24, 2.45) is 5.92 Å². The van der Waals surface area contributed by atoms with Crippen molar-refractivity contribution in [1.82, 2.24) is 9.88 Å². The van der Waals surface area contributed by atoms with Crippen LogP contribution in [0, 0.1) is 5.92 Å². The highest BCUT2D eigenvalue weighted by Crippen LogP contribution is 2.41. The Bertz CT molecular complexity index is 553. The minimum absolute atomic E-state index is 0.0254. The molecule has 2 unspecified atom stereocenters. The minimum atomic E-state index is -0.893. The molecule has 2 heterocycles. The lowest BCUT2D eigenvalue weighted by Crippen LogP contribution is -2.49. The van der Waals surface area contributed by atoms with Gasteiger partial charge < -0.3 is 10.0 Å². The Morgan fingerprint density at radius 3 is 2.67 bits per heavy atom. The van der Waals surface area contributed by atoms with Gasteiger partial charge in [-0.05, 0) is 33.6 Å². The maximum absolute atomic E-state index is 12.5. The summed E-state index contributed by atoms with van der Waals surface area (Å²) in [4.78, 5) is 30.1. The number of aromatic nitrogens is 1. The molecule has 1 aromatic rings. The van der Waals surface area contributed by atoms with Crippen LogP contribution in [0.5, 0.6) is 0 Å². The summed E-state index contributed by atoms with van der Waals surface area (Å²) >= 11 is 7.19. The van der Waals surface area contributed by atoms with E-state index in [1.165, 1.54) is 17.5 Å². The topological polar surface area (TPSA) is 70.5 Å². The molecule has 0 bridgehead atoms. The number of nitrogens with zero attached hydrogens (tertiary/aromatic N) is 2. The van der Waals surface area contributed by atoms with Crippen molar-refractivity contribution in [3.05, 3.63) is 15.5 Å². The van der Waals surface area contributed by atoms with Gasteiger partial charge in [0, 0.05) is 12.0 Å². The van der Waals surface area contributed by atoms with Crippen LogP contribution in [-0.2, 0) is 9.59 Å². The van der Waals surface area contributed by atoms with Gasteiger partial charge in [-0.1, -0.05) is 11.6 Å². The summed E-state index contributed by atoms with van der Waals surface area (Å²) < 4.78 is 0.500. The van der Waals surface area contributed by atoms with Crippen LogP contribution < -0.4 is 0 Å². The maximum atomic E-state index is 12.5. The lowest BCUT2D eigenvalue weighted by Gasteiger charge is -2.41. The number of halogens is 1. The highest BCUT2D eigenvalue weighted by atomic mass is 35.5. The lowest BCUT2D eigenvalue weighted by atomic mass is 9.92. The van der Waals surface area contributed by atoms with Gasteiger partial charge in [0.25, 0.3) is 0 Å². The highest BCUT2D eigenvalue weighted by Gasteiger charge is 2.44. The van der Waals surface area contributed by atoms with Gasteiger partial charge in [-0.15, -0.1) is 11.3 Å². The number of aliphatic carboxylic acids is 1. The quantitative estimate of drug-likeness (QED) is 0.902. The predicted octanol–water partition coefficient (Wildman–Crippen LogP) is 3.35. The third kappa shape index (κ3) is 3.37. The molecule has 0 aliphatic carbocycles. The average molecular weight is 331 g/mol. The molecule has 21 heavy (non-hydrogen) atoms. The van der Waals surface area contributed by atoms with Gasteiger partial charge in [0.15, 0.2) is 0 Å². The van der Waals surface area contributed by atoms with Crippen LogP contribution in [0.2, 0.25) is 4.34 Å². The first-order valence-corrected chi connectivity index (χ1v) is 8.07. The molecule has 1 saturated heterocycles. The van der Waals surface area contributed by atoms with E-state index in [1.54, 1.807) is 4.90 Å². The SMILES string of the molecule is CC(C)(C)N1C(=O)CCCC(C(=O)O)C1c1ncc(Cl)s1. The molecule has 0 saturated carbocycles. The molecular weight excluding hydrogens is 312 g/mol. The number of carboxylic acids is 1. The Morgan fingerprint density at radius 2 is 2.19 bits per heavy atom. The Morgan fingerprint density at radius 1 is 1.52 bits per heavy atom. The van der Waals surface area contributed by atoms with Gasteiger partial charge in [-0.3, -0.25) is 9.59 Å². The van der Waals surface area contributed by atoms with E-state index in [0.717, 1.165) is 0 Å². The first-order valence-electron chi connectivity index (χ1n) is 6.88. The fourth-order valence-electron chi connectivity index (χ4n) is 2.82. The van der Waals surface area contributed by atoms with Gasteiger partial charge in [0.05, 0.1) is 18.2 Å². The molecular formula is C14H19ClN2O3S. The van der Waals surface area contributed by atoms with Crippen LogP contribution >= 0.6 is 22.9 Å². The van der Waals surface area contributed by atoms with Gasteiger partial charge in [0.2, 0.25) is 5.91 Å². The number of likely N-dealkylation sites (tertiary alicyclic amines) is 1. The van der Waals surface area contributed by atoms with Crippen molar-refractivity contribution in [1.29, 1.82) is 0 Å². The number of amides is 1. The monoisotopic (exact) mass is 330 g/mol. The second kappa shape index (κ2) is 5.93. The number of hydrogen-bond acceptors (Lipinski definition) is 4. The Balaban J connectivity index is 2.54. The maximum Gasteiger partial charge on any atom is 0.309 e. The van der Waals surface area contributed by atoms with E-state index in [4.69, 9.17) is 11.6 Å². The minimum Gasteiger partial charge on any atom is -0.481 e. The van der Waals surface area contributed by atoms with Crippen molar-refractivity contribution >= 4 is 34.8 Å². The van der Waals surface area contributed by atoms with E-state index in [-0.39, 0.29) is 5.91 Å². The fourth-order valence-corrected chi connectivity index (χ4v) is 3.91. The van der Waals surface area contributed by atoms with Crippen molar-refractivity contribution < 1.29 is 14.7 Å². The molecule has 116 valence electrons. The van der Waals surface area contributed by atoms with Crippen molar-refractivity contribution in [3.8, 4) is 0 Å². The van der Waals surface area contributed by atoms with Gasteiger partial charge in [0.1, 0.15) is 9.34 Å². The molecule has 2 rings (SSSR count). The summed E-state index contributed by atoms with van der Waals surface area (Å²) in [6.07, 6.45) is 2.93. The average Bonchev–Trinajstić information content (AvgIpc) is 2.67. The molecule has 1 fully saturated rings. The number of carbonyl (C=O) groups is 2. The van der Waals surface area contributed by atoms with E-state index in [1.807, 2.05) is 20.8 Å². The van der Waals surface area contributed by atoms with Gasteiger partial charge in [-0.25, -0.2) is 4.98 Å².